The maximum absolute atomic E-state index is 12.1. The fourth-order valence-electron chi connectivity index (χ4n) is 2.34. The van der Waals surface area contributed by atoms with E-state index in [1.165, 1.54) is 5.56 Å². The van der Waals surface area contributed by atoms with Crippen molar-refractivity contribution in [2.45, 2.75) is 25.4 Å². The molecule has 1 aliphatic rings. The summed E-state index contributed by atoms with van der Waals surface area (Å²) in [7, 11) is 0. The molecule has 0 radical (unpaired) electrons. The van der Waals surface area contributed by atoms with Gasteiger partial charge in [-0.05, 0) is 18.9 Å². The average Bonchev–Trinajstić information content (AvgIpc) is 2.87. The maximum Gasteiger partial charge on any atom is 0.273 e. The minimum atomic E-state index is -0.169. The van der Waals surface area contributed by atoms with Gasteiger partial charge in [-0.1, -0.05) is 35.5 Å². The van der Waals surface area contributed by atoms with E-state index in [1.54, 1.807) is 10.9 Å². The summed E-state index contributed by atoms with van der Waals surface area (Å²) >= 11 is 0. The van der Waals surface area contributed by atoms with Crippen LogP contribution < -0.4 is 10.6 Å². The first kappa shape index (κ1) is 13.8. The fourth-order valence-corrected chi connectivity index (χ4v) is 2.34. The molecule has 2 N–H and O–H groups in total. The number of carbonyl (C=O) groups is 1. The van der Waals surface area contributed by atoms with Crippen molar-refractivity contribution < 1.29 is 4.79 Å². The van der Waals surface area contributed by atoms with Gasteiger partial charge in [-0.3, -0.25) is 4.79 Å². The Balaban J connectivity index is 1.56. The van der Waals surface area contributed by atoms with Gasteiger partial charge in [-0.25, -0.2) is 4.68 Å². The van der Waals surface area contributed by atoms with Gasteiger partial charge in [0.2, 0.25) is 0 Å². The Kier molecular flexibility index (Phi) is 3.96. The van der Waals surface area contributed by atoms with Crippen LogP contribution in [-0.4, -0.2) is 40.0 Å². The molecule has 0 bridgehead atoms. The zero-order valence-corrected chi connectivity index (χ0v) is 12.0. The topological polar surface area (TPSA) is 71.8 Å². The fraction of sp³-hybridized carbons (Fsp3) is 0.400. The molecule has 1 unspecified atom stereocenters. The SMILES string of the molecule is CC(Cc1ccccc1)NC(=O)c1cn(C2CNC2)nn1. The van der Waals surface area contributed by atoms with E-state index in [0.717, 1.165) is 19.5 Å². The summed E-state index contributed by atoms with van der Waals surface area (Å²) in [6, 6.07) is 10.5. The summed E-state index contributed by atoms with van der Waals surface area (Å²) in [5.41, 5.74) is 1.58. The molecule has 110 valence electrons. The highest BCUT2D eigenvalue weighted by molar-refractivity contribution is 5.92. The van der Waals surface area contributed by atoms with Crippen LogP contribution in [0.1, 0.15) is 29.0 Å². The molecular formula is C15H19N5O. The van der Waals surface area contributed by atoms with Crippen LogP contribution in [0.15, 0.2) is 36.5 Å². The van der Waals surface area contributed by atoms with E-state index in [4.69, 9.17) is 0 Å². The molecule has 6 nitrogen and oxygen atoms in total. The van der Waals surface area contributed by atoms with E-state index >= 15 is 0 Å². The predicted octanol–water partition coefficient (Wildman–Crippen LogP) is 0.783. The predicted molar refractivity (Wildman–Crippen MR) is 79.0 cm³/mol. The first-order valence-corrected chi connectivity index (χ1v) is 7.19. The highest BCUT2D eigenvalue weighted by Crippen LogP contribution is 2.10. The summed E-state index contributed by atoms with van der Waals surface area (Å²) in [5.74, 6) is -0.169. The van der Waals surface area contributed by atoms with Gasteiger partial charge in [0.25, 0.3) is 5.91 Å². The van der Waals surface area contributed by atoms with Crippen LogP contribution in [0.25, 0.3) is 0 Å². The molecule has 21 heavy (non-hydrogen) atoms. The highest BCUT2D eigenvalue weighted by atomic mass is 16.2. The summed E-state index contributed by atoms with van der Waals surface area (Å²) in [6.07, 6.45) is 2.52. The molecule has 1 aromatic carbocycles. The van der Waals surface area contributed by atoms with E-state index in [1.807, 2.05) is 25.1 Å². The molecule has 1 atom stereocenters. The van der Waals surface area contributed by atoms with Crippen molar-refractivity contribution in [3.05, 3.63) is 47.8 Å². The number of rotatable bonds is 5. The van der Waals surface area contributed by atoms with Crippen molar-refractivity contribution >= 4 is 5.91 Å². The summed E-state index contributed by atoms with van der Waals surface area (Å²) < 4.78 is 1.76. The van der Waals surface area contributed by atoms with Gasteiger partial charge in [0, 0.05) is 19.1 Å². The third-order valence-corrected chi connectivity index (χ3v) is 3.64. The molecule has 1 amide bonds. The Hall–Kier alpha value is -2.21. The van der Waals surface area contributed by atoms with Crippen molar-refractivity contribution in [3.8, 4) is 0 Å². The van der Waals surface area contributed by atoms with Gasteiger partial charge in [-0.2, -0.15) is 0 Å². The summed E-state index contributed by atoms with van der Waals surface area (Å²) in [4.78, 5) is 12.1. The molecule has 2 aromatic rings. The average molecular weight is 285 g/mol. The van der Waals surface area contributed by atoms with Gasteiger partial charge in [0.1, 0.15) is 0 Å². The van der Waals surface area contributed by atoms with Gasteiger partial charge in [-0.15, -0.1) is 5.10 Å². The van der Waals surface area contributed by atoms with Crippen molar-refractivity contribution in [3.63, 3.8) is 0 Å². The Morgan fingerprint density at radius 2 is 2.19 bits per heavy atom. The van der Waals surface area contributed by atoms with Gasteiger partial charge in [0.15, 0.2) is 5.69 Å². The van der Waals surface area contributed by atoms with Crippen LogP contribution in [-0.2, 0) is 6.42 Å². The van der Waals surface area contributed by atoms with Crippen LogP contribution in [0.3, 0.4) is 0 Å². The molecule has 1 aliphatic heterocycles. The van der Waals surface area contributed by atoms with Crippen LogP contribution in [0.4, 0.5) is 0 Å². The zero-order chi connectivity index (χ0) is 14.7. The summed E-state index contributed by atoms with van der Waals surface area (Å²) in [5, 5.41) is 14.1. The highest BCUT2D eigenvalue weighted by Gasteiger charge is 2.22. The van der Waals surface area contributed by atoms with E-state index in [0.29, 0.717) is 11.7 Å². The number of hydrogen-bond acceptors (Lipinski definition) is 4. The van der Waals surface area contributed by atoms with Crippen molar-refractivity contribution in [1.29, 1.82) is 0 Å². The second-order valence-electron chi connectivity index (χ2n) is 5.46. The number of amides is 1. The third-order valence-electron chi connectivity index (χ3n) is 3.64. The molecule has 0 aliphatic carbocycles. The maximum atomic E-state index is 12.1. The molecule has 1 fully saturated rings. The molecule has 2 heterocycles. The number of nitrogens with zero attached hydrogens (tertiary/aromatic N) is 3. The first-order valence-electron chi connectivity index (χ1n) is 7.19. The van der Waals surface area contributed by atoms with Gasteiger partial charge >= 0.3 is 0 Å². The lowest BCUT2D eigenvalue weighted by atomic mass is 10.1. The van der Waals surface area contributed by atoms with E-state index < -0.39 is 0 Å². The number of aromatic nitrogens is 3. The normalized spacial score (nSPS) is 16.2. The van der Waals surface area contributed by atoms with Gasteiger partial charge < -0.3 is 10.6 Å². The zero-order valence-electron chi connectivity index (χ0n) is 12.0. The van der Waals surface area contributed by atoms with Crippen LogP contribution in [0.5, 0.6) is 0 Å². The third kappa shape index (κ3) is 3.28. The Morgan fingerprint density at radius 1 is 1.43 bits per heavy atom. The quantitative estimate of drug-likeness (QED) is 0.852. The number of nitrogens with one attached hydrogen (secondary N) is 2. The molecule has 0 saturated carbocycles. The van der Waals surface area contributed by atoms with Crippen LogP contribution in [0, 0.1) is 0 Å². The van der Waals surface area contributed by atoms with Gasteiger partial charge in [0.05, 0.1) is 12.2 Å². The minimum absolute atomic E-state index is 0.0513. The molecule has 3 rings (SSSR count). The largest absolute Gasteiger partial charge is 0.348 e. The summed E-state index contributed by atoms with van der Waals surface area (Å²) in [6.45, 7) is 3.76. The molecular weight excluding hydrogens is 266 g/mol. The Labute approximate surface area is 123 Å². The van der Waals surface area contributed by atoms with E-state index in [9.17, 15) is 4.79 Å². The number of carbonyl (C=O) groups excluding carboxylic acids is 1. The van der Waals surface area contributed by atoms with E-state index in [2.05, 4.69) is 33.1 Å². The lowest BCUT2D eigenvalue weighted by molar-refractivity contribution is 0.0935. The van der Waals surface area contributed by atoms with Crippen molar-refractivity contribution in [2.24, 2.45) is 0 Å². The molecule has 1 aromatic heterocycles. The van der Waals surface area contributed by atoms with Crippen molar-refractivity contribution in [2.75, 3.05) is 13.1 Å². The standard InChI is InChI=1S/C15H19N5O/c1-11(7-12-5-3-2-4-6-12)17-15(21)14-10-20(19-18-14)13-8-16-9-13/h2-6,10-11,13,16H,7-9H2,1H3,(H,17,21). The molecule has 6 heteroatoms. The Morgan fingerprint density at radius 3 is 2.86 bits per heavy atom. The monoisotopic (exact) mass is 285 g/mol. The lowest BCUT2D eigenvalue weighted by Crippen LogP contribution is -2.43. The molecule has 0 spiro atoms. The second-order valence-corrected chi connectivity index (χ2v) is 5.46. The number of hydrogen-bond donors (Lipinski definition) is 2. The Bertz CT molecular complexity index is 606. The first-order chi connectivity index (χ1) is 10.2. The lowest BCUT2D eigenvalue weighted by Gasteiger charge is -2.26. The second kappa shape index (κ2) is 6.05. The van der Waals surface area contributed by atoms with E-state index in [-0.39, 0.29) is 11.9 Å². The minimum Gasteiger partial charge on any atom is -0.348 e. The van der Waals surface area contributed by atoms with Crippen LogP contribution in [0.2, 0.25) is 0 Å². The number of benzene rings is 1. The van der Waals surface area contributed by atoms with Crippen LogP contribution >= 0.6 is 0 Å². The van der Waals surface area contributed by atoms with Crippen molar-refractivity contribution in [1.82, 2.24) is 25.6 Å². The smallest absolute Gasteiger partial charge is 0.273 e. The molecule has 1 saturated heterocycles.